The monoisotopic (exact) mass is 643 g/mol. The number of anilines is 1. The van der Waals surface area contributed by atoms with Crippen LogP contribution in [0.5, 0.6) is 5.75 Å². The van der Waals surface area contributed by atoms with Crippen LogP contribution in [0, 0.1) is 11.7 Å². The van der Waals surface area contributed by atoms with Crippen molar-refractivity contribution in [2.45, 2.75) is 63.6 Å². The molecule has 2 aromatic heterocycles. The number of nitrogens with one attached hydrogen (secondary N) is 3. The zero-order valence-electron chi connectivity index (χ0n) is 26.2. The van der Waals surface area contributed by atoms with Crippen LogP contribution >= 0.6 is 0 Å². The van der Waals surface area contributed by atoms with Gasteiger partial charge in [0.05, 0.1) is 6.61 Å². The van der Waals surface area contributed by atoms with Crippen LogP contribution in [0.25, 0.3) is 11.6 Å². The van der Waals surface area contributed by atoms with Crippen molar-refractivity contribution in [2.24, 2.45) is 5.92 Å². The maximum atomic E-state index is 15.1. The van der Waals surface area contributed by atoms with Crippen LogP contribution in [-0.2, 0) is 32.8 Å². The van der Waals surface area contributed by atoms with Gasteiger partial charge >= 0.3 is 0 Å². The van der Waals surface area contributed by atoms with Crippen LogP contribution < -0.4 is 20.7 Å². The van der Waals surface area contributed by atoms with Gasteiger partial charge in [-0.05, 0) is 48.2 Å². The minimum atomic E-state index is -1.32. The number of hydrogen-bond donors (Lipinski definition) is 4. The van der Waals surface area contributed by atoms with E-state index in [2.05, 4.69) is 27.5 Å². The van der Waals surface area contributed by atoms with Crippen molar-refractivity contribution in [1.29, 1.82) is 0 Å². The molecular formula is C34H34FN5O7. The molecule has 12 nitrogen and oxygen atoms in total. The lowest BCUT2D eigenvalue weighted by Crippen LogP contribution is -2.52. The van der Waals surface area contributed by atoms with Gasteiger partial charge in [-0.2, -0.15) is 0 Å². The predicted molar refractivity (Wildman–Crippen MR) is 166 cm³/mol. The highest BCUT2D eigenvalue weighted by Gasteiger charge is 2.61. The van der Waals surface area contributed by atoms with E-state index in [0.717, 1.165) is 0 Å². The Morgan fingerprint density at radius 2 is 2.02 bits per heavy atom. The summed E-state index contributed by atoms with van der Waals surface area (Å²) in [6.45, 7) is 9.39. The van der Waals surface area contributed by atoms with Gasteiger partial charge in [-0.1, -0.05) is 32.6 Å². The summed E-state index contributed by atoms with van der Waals surface area (Å²) in [7, 11) is 1.54. The Morgan fingerprint density at radius 3 is 2.77 bits per heavy atom. The summed E-state index contributed by atoms with van der Waals surface area (Å²) < 4.78 is 39.4. The highest BCUT2D eigenvalue weighted by atomic mass is 19.1. The summed E-state index contributed by atoms with van der Waals surface area (Å²) in [6, 6.07) is 7.82. The molecule has 0 fully saturated rings. The van der Waals surface area contributed by atoms with Crippen molar-refractivity contribution in [3.8, 4) is 17.3 Å². The SMILES string of the molecule is C=C(C)C1NC(=O)[C@@H](NC(=O)[C@@H](O)C(C)C)Cc2ccc3c(c2)C2(c4cc(F)ccc4NC2O3)c2oc1nc2-c1nc(COC)co1. The maximum absolute atomic E-state index is 15.1. The molecular weight excluding hydrogens is 609 g/mol. The molecule has 3 unspecified atom stereocenters. The second-order valence-electron chi connectivity index (χ2n) is 12.5. The van der Waals surface area contributed by atoms with E-state index in [0.29, 0.717) is 39.4 Å². The molecule has 3 aliphatic heterocycles. The van der Waals surface area contributed by atoms with E-state index in [1.807, 2.05) is 6.07 Å². The number of hydrogen-bond acceptors (Lipinski definition) is 10. The van der Waals surface area contributed by atoms with Crippen molar-refractivity contribution < 1.29 is 37.4 Å². The Balaban J connectivity index is 1.49. The molecule has 1 spiro atoms. The number of methoxy groups -OCH3 is 1. The third kappa shape index (κ3) is 4.88. The molecule has 0 radical (unpaired) electrons. The molecule has 2 aromatic carbocycles. The average molecular weight is 644 g/mol. The summed E-state index contributed by atoms with van der Waals surface area (Å²) in [5, 5.41) is 19.5. The van der Waals surface area contributed by atoms with Crippen molar-refractivity contribution in [3.63, 3.8) is 0 Å². The number of rotatable bonds is 7. The van der Waals surface area contributed by atoms with Crippen molar-refractivity contribution >= 4 is 17.5 Å². The Bertz CT molecular complexity index is 1920. The summed E-state index contributed by atoms with van der Waals surface area (Å²) in [5.41, 5.74) is 2.41. The van der Waals surface area contributed by atoms with E-state index in [-0.39, 0.29) is 42.2 Å². The normalized spacial score (nSPS) is 23.0. The van der Waals surface area contributed by atoms with Crippen LogP contribution in [0.1, 0.15) is 60.8 Å². The predicted octanol–water partition coefficient (Wildman–Crippen LogP) is 3.88. The number of benzene rings is 2. The van der Waals surface area contributed by atoms with E-state index >= 15 is 4.39 Å². The molecule has 2 amide bonds. The fourth-order valence-corrected chi connectivity index (χ4v) is 6.51. The number of ether oxygens (including phenoxy) is 2. The molecule has 47 heavy (non-hydrogen) atoms. The minimum Gasteiger partial charge on any atom is -0.469 e. The summed E-state index contributed by atoms with van der Waals surface area (Å²) in [6.07, 6.45) is -0.582. The molecule has 0 saturated carbocycles. The number of fused-ring (bicyclic) bond motifs is 4. The molecule has 3 aliphatic rings. The highest BCUT2D eigenvalue weighted by Crippen LogP contribution is 2.59. The third-order valence-corrected chi connectivity index (χ3v) is 8.85. The first-order chi connectivity index (χ1) is 22.5. The largest absolute Gasteiger partial charge is 0.469 e. The van der Waals surface area contributed by atoms with Gasteiger partial charge in [-0.15, -0.1) is 0 Å². The van der Waals surface area contributed by atoms with Crippen molar-refractivity contribution in [1.82, 2.24) is 20.6 Å². The lowest BCUT2D eigenvalue weighted by atomic mass is 9.72. The Morgan fingerprint density at radius 1 is 1.21 bits per heavy atom. The standard InChI is InChI=1S/C34H34FN5O7/c1-15(2)25-32-40-26(31-36-19(13-44-5)14-45-31)28(47-32)34-20-12-18(35)7-8-22(20)38-33(34)46-24-9-6-17(10-21(24)34)11-23(29(42)39-25)37-30(43)27(41)16(3)4/h6-10,12,14,16,23,25,27,33,38,41H,1,11,13H2,2-5H3,(H,37,43)(H,39,42)/t23-,25?,27-,33?,34?/m0/s1. The summed E-state index contributed by atoms with van der Waals surface area (Å²) in [5.74, 6) is -1.09. The van der Waals surface area contributed by atoms with Crippen LogP contribution in [-0.4, -0.2) is 52.4 Å². The van der Waals surface area contributed by atoms with Crippen LogP contribution in [0.4, 0.5) is 10.1 Å². The minimum absolute atomic E-state index is 0.0674. The fourth-order valence-electron chi connectivity index (χ4n) is 6.51. The number of halogens is 1. The Labute approximate surface area is 269 Å². The quantitative estimate of drug-likeness (QED) is 0.218. The van der Waals surface area contributed by atoms with Gasteiger partial charge in [0, 0.05) is 30.3 Å². The van der Waals surface area contributed by atoms with Crippen LogP contribution in [0.15, 0.2) is 63.6 Å². The van der Waals surface area contributed by atoms with Gasteiger partial charge in [-0.25, -0.2) is 14.4 Å². The number of carbonyl (C=O) groups excluding carboxylic acids is 2. The first kappa shape index (κ1) is 30.6. The van der Waals surface area contributed by atoms with Gasteiger partial charge in [0.15, 0.2) is 17.7 Å². The number of amides is 2. The smallest absolute Gasteiger partial charge is 0.249 e. The van der Waals surface area contributed by atoms with Crippen LogP contribution in [0.2, 0.25) is 0 Å². The number of aliphatic hydroxyl groups excluding tert-OH is 1. The van der Waals surface area contributed by atoms with Gasteiger partial charge in [0.2, 0.25) is 23.6 Å². The molecule has 7 rings (SSSR count). The van der Waals surface area contributed by atoms with Crippen molar-refractivity contribution in [2.75, 3.05) is 12.4 Å². The van der Waals surface area contributed by atoms with E-state index in [1.54, 1.807) is 46.1 Å². The maximum Gasteiger partial charge on any atom is 0.249 e. The van der Waals surface area contributed by atoms with E-state index in [4.69, 9.17) is 23.3 Å². The number of aromatic nitrogens is 2. The van der Waals surface area contributed by atoms with Gasteiger partial charge in [0.1, 0.15) is 47.1 Å². The second kappa shape index (κ2) is 11.4. The molecule has 4 aromatic rings. The zero-order chi connectivity index (χ0) is 33.2. The fraction of sp³-hybridized carbons (Fsp3) is 0.353. The molecule has 4 bridgehead atoms. The molecule has 13 heteroatoms. The number of aliphatic hydroxyl groups is 1. The Hall–Kier alpha value is -5.01. The highest BCUT2D eigenvalue weighted by molar-refractivity contribution is 5.90. The molecule has 5 atom stereocenters. The van der Waals surface area contributed by atoms with E-state index in [1.165, 1.54) is 18.4 Å². The van der Waals surface area contributed by atoms with Gasteiger partial charge < -0.3 is 39.4 Å². The summed E-state index contributed by atoms with van der Waals surface area (Å²) >= 11 is 0. The third-order valence-electron chi connectivity index (χ3n) is 8.85. The molecule has 5 heterocycles. The first-order valence-corrected chi connectivity index (χ1v) is 15.3. The lowest BCUT2D eigenvalue weighted by molar-refractivity contribution is -0.135. The first-order valence-electron chi connectivity index (χ1n) is 15.3. The second-order valence-corrected chi connectivity index (χ2v) is 12.5. The average Bonchev–Trinajstić information content (AvgIpc) is 3.80. The van der Waals surface area contributed by atoms with Crippen molar-refractivity contribution in [3.05, 3.63) is 94.7 Å². The van der Waals surface area contributed by atoms with E-state index < -0.39 is 47.5 Å². The lowest BCUT2D eigenvalue weighted by Gasteiger charge is -2.28. The molecule has 0 aliphatic carbocycles. The zero-order valence-corrected chi connectivity index (χ0v) is 26.2. The summed E-state index contributed by atoms with van der Waals surface area (Å²) in [4.78, 5) is 36.4. The molecule has 4 N–H and O–H groups in total. The van der Waals surface area contributed by atoms with Gasteiger partial charge in [0.25, 0.3) is 0 Å². The van der Waals surface area contributed by atoms with Gasteiger partial charge in [-0.3, -0.25) is 9.59 Å². The van der Waals surface area contributed by atoms with Crippen LogP contribution in [0.3, 0.4) is 0 Å². The molecule has 0 saturated heterocycles. The Kier molecular flexibility index (Phi) is 7.40. The molecule has 244 valence electrons. The number of carbonyl (C=O) groups is 2. The number of oxazole rings is 2. The van der Waals surface area contributed by atoms with E-state index in [9.17, 15) is 14.7 Å². The number of nitrogens with zero attached hydrogens (tertiary/aromatic N) is 2. The topological polar surface area (TPSA) is 161 Å².